The maximum Gasteiger partial charge on any atom is 0.307 e. The number of halogens is 1. The van der Waals surface area contributed by atoms with Crippen molar-refractivity contribution in [3.63, 3.8) is 0 Å². The number of hydrogen-bond acceptors (Lipinski definition) is 2. The van der Waals surface area contributed by atoms with E-state index < -0.39 is 5.97 Å². The Bertz CT molecular complexity index is 361. The molecule has 0 aromatic heterocycles. The number of methoxy groups -OCH3 is 1. The molecule has 0 fully saturated rings. The van der Waals surface area contributed by atoms with E-state index >= 15 is 0 Å². The number of rotatable bonds is 3. The number of hydrogen-bond donors (Lipinski definition) is 1. The summed E-state index contributed by atoms with van der Waals surface area (Å²) in [5, 5.41) is 8.70. The van der Waals surface area contributed by atoms with Crippen LogP contribution in [0.25, 0.3) is 0 Å². The van der Waals surface area contributed by atoms with Gasteiger partial charge in [0.15, 0.2) is 0 Å². The highest BCUT2D eigenvalue weighted by Gasteiger charge is 2.10. The van der Waals surface area contributed by atoms with E-state index in [4.69, 9.17) is 9.84 Å². The fourth-order valence-corrected chi connectivity index (χ4v) is 2.01. The average molecular weight is 259 g/mol. The number of benzene rings is 1. The molecule has 1 rings (SSSR count). The molecular weight excluding hydrogens is 248 g/mol. The summed E-state index contributed by atoms with van der Waals surface area (Å²) in [5.41, 5.74) is 1.62. The minimum atomic E-state index is -0.860. The SMILES string of the molecule is COc1c(C)cc(Br)cc1CC(=O)O. The van der Waals surface area contributed by atoms with Crippen LogP contribution < -0.4 is 4.74 Å². The number of carbonyl (C=O) groups is 1. The summed E-state index contributed by atoms with van der Waals surface area (Å²) in [6.45, 7) is 1.88. The Morgan fingerprint density at radius 2 is 2.21 bits per heavy atom. The van der Waals surface area contributed by atoms with Gasteiger partial charge >= 0.3 is 5.97 Å². The molecule has 0 radical (unpaired) electrons. The Morgan fingerprint density at radius 1 is 1.57 bits per heavy atom. The van der Waals surface area contributed by atoms with E-state index in [2.05, 4.69) is 15.9 Å². The van der Waals surface area contributed by atoms with E-state index in [0.717, 1.165) is 10.0 Å². The van der Waals surface area contributed by atoms with Gasteiger partial charge in [-0.25, -0.2) is 0 Å². The van der Waals surface area contributed by atoms with Crippen molar-refractivity contribution in [2.24, 2.45) is 0 Å². The predicted octanol–water partition coefficient (Wildman–Crippen LogP) is 2.39. The van der Waals surface area contributed by atoms with E-state index in [9.17, 15) is 4.79 Å². The fraction of sp³-hybridized carbons (Fsp3) is 0.300. The number of aryl methyl sites for hydroxylation is 1. The van der Waals surface area contributed by atoms with Crippen molar-refractivity contribution in [1.82, 2.24) is 0 Å². The largest absolute Gasteiger partial charge is 0.496 e. The highest BCUT2D eigenvalue weighted by atomic mass is 79.9. The van der Waals surface area contributed by atoms with Gasteiger partial charge in [-0.05, 0) is 24.6 Å². The lowest BCUT2D eigenvalue weighted by Gasteiger charge is -2.10. The Balaban J connectivity index is 3.17. The minimum absolute atomic E-state index is 0.0244. The monoisotopic (exact) mass is 258 g/mol. The Morgan fingerprint density at radius 3 is 2.71 bits per heavy atom. The van der Waals surface area contributed by atoms with Gasteiger partial charge in [-0.1, -0.05) is 15.9 Å². The minimum Gasteiger partial charge on any atom is -0.496 e. The van der Waals surface area contributed by atoms with Crippen LogP contribution in [-0.2, 0) is 11.2 Å². The molecule has 0 aliphatic heterocycles. The molecule has 14 heavy (non-hydrogen) atoms. The first-order valence-electron chi connectivity index (χ1n) is 4.09. The average Bonchev–Trinajstić information content (AvgIpc) is 2.01. The smallest absolute Gasteiger partial charge is 0.307 e. The van der Waals surface area contributed by atoms with Crippen LogP contribution in [0.3, 0.4) is 0 Å². The molecule has 0 aliphatic rings. The van der Waals surface area contributed by atoms with Gasteiger partial charge in [-0.2, -0.15) is 0 Å². The van der Waals surface area contributed by atoms with Crippen LogP contribution in [0.4, 0.5) is 0 Å². The normalized spacial score (nSPS) is 9.93. The van der Waals surface area contributed by atoms with Gasteiger partial charge in [0.25, 0.3) is 0 Å². The molecule has 0 heterocycles. The molecule has 1 aromatic carbocycles. The summed E-state index contributed by atoms with van der Waals surface area (Å²) in [4.78, 5) is 10.6. The van der Waals surface area contributed by atoms with Gasteiger partial charge in [0.2, 0.25) is 0 Å². The molecule has 1 N–H and O–H groups in total. The van der Waals surface area contributed by atoms with Gasteiger partial charge < -0.3 is 9.84 Å². The molecule has 0 saturated carbocycles. The van der Waals surface area contributed by atoms with Crippen LogP contribution in [0.2, 0.25) is 0 Å². The summed E-state index contributed by atoms with van der Waals surface area (Å²) in [6.07, 6.45) is -0.0244. The first-order valence-corrected chi connectivity index (χ1v) is 4.88. The van der Waals surface area contributed by atoms with E-state index in [-0.39, 0.29) is 6.42 Å². The molecule has 0 saturated heterocycles. The predicted molar refractivity (Wildman–Crippen MR) is 56.8 cm³/mol. The molecule has 0 atom stereocenters. The van der Waals surface area contributed by atoms with Crippen molar-refractivity contribution in [3.8, 4) is 5.75 Å². The van der Waals surface area contributed by atoms with E-state index in [1.165, 1.54) is 0 Å². The van der Waals surface area contributed by atoms with Crippen LogP contribution in [0.15, 0.2) is 16.6 Å². The zero-order chi connectivity index (χ0) is 10.7. The van der Waals surface area contributed by atoms with Crippen molar-refractivity contribution in [3.05, 3.63) is 27.7 Å². The summed E-state index contributed by atoms with van der Waals surface area (Å²) in [7, 11) is 1.54. The topological polar surface area (TPSA) is 46.5 Å². The van der Waals surface area contributed by atoms with E-state index in [1.54, 1.807) is 13.2 Å². The highest BCUT2D eigenvalue weighted by Crippen LogP contribution is 2.28. The first-order chi connectivity index (χ1) is 6.54. The van der Waals surface area contributed by atoms with Crippen molar-refractivity contribution < 1.29 is 14.6 Å². The number of carboxylic acids is 1. The summed E-state index contributed by atoms with van der Waals surface area (Å²) >= 11 is 3.32. The number of aliphatic carboxylic acids is 1. The lowest BCUT2D eigenvalue weighted by Crippen LogP contribution is -2.03. The van der Waals surface area contributed by atoms with Gasteiger partial charge in [-0.3, -0.25) is 4.79 Å². The summed E-state index contributed by atoms with van der Waals surface area (Å²) in [6, 6.07) is 3.66. The van der Waals surface area contributed by atoms with Crippen LogP contribution in [0.5, 0.6) is 5.75 Å². The molecular formula is C10H11BrO3. The highest BCUT2D eigenvalue weighted by molar-refractivity contribution is 9.10. The second kappa shape index (κ2) is 4.46. The van der Waals surface area contributed by atoms with Crippen LogP contribution in [0, 0.1) is 6.92 Å². The zero-order valence-corrected chi connectivity index (χ0v) is 9.59. The van der Waals surface area contributed by atoms with Gasteiger partial charge in [0.05, 0.1) is 13.5 Å². The van der Waals surface area contributed by atoms with Crippen LogP contribution in [-0.4, -0.2) is 18.2 Å². The Hall–Kier alpha value is -1.03. The third kappa shape index (κ3) is 2.48. The summed E-state index contributed by atoms with van der Waals surface area (Å²) < 4.78 is 6.02. The van der Waals surface area contributed by atoms with Crippen molar-refractivity contribution in [2.45, 2.75) is 13.3 Å². The second-order valence-electron chi connectivity index (χ2n) is 2.99. The van der Waals surface area contributed by atoms with Gasteiger partial charge in [0.1, 0.15) is 5.75 Å². The maximum absolute atomic E-state index is 10.6. The molecule has 4 heteroatoms. The molecule has 0 unspecified atom stereocenters. The molecule has 3 nitrogen and oxygen atoms in total. The lowest BCUT2D eigenvalue weighted by atomic mass is 10.1. The lowest BCUT2D eigenvalue weighted by molar-refractivity contribution is -0.136. The number of carboxylic acid groups (broad SMARTS) is 1. The molecule has 1 aromatic rings. The van der Waals surface area contributed by atoms with Crippen molar-refractivity contribution in [2.75, 3.05) is 7.11 Å². The van der Waals surface area contributed by atoms with Crippen molar-refractivity contribution in [1.29, 1.82) is 0 Å². The molecule has 0 bridgehead atoms. The Labute approximate surface area is 90.8 Å². The third-order valence-corrected chi connectivity index (χ3v) is 2.32. The molecule has 0 amide bonds. The third-order valence-electron chi connectivity index (χ3n) is 1.86. The van der Waals surface area contributed by atoms with Crippen molar-refractivity contribution >= 4 is 21.9 Å². The number of ether oxygens (including phenoxy) is 1. The second-order valence-corrected chi connectivity index (χ2v) is 3.90. The van der Waals surface area contributed by atoms with Crippen LogP contribution in [0.1, 0.15) is 11.1 Å². The summed E-state index contributed by atoms with van der Waals surface area (Å²) in [5.74, 6) is -0.212. The standard InChI is InChI=1S/C10H11BrO3/c1-6-3-8(11)4-7(5-9(12)13)10(6)14-2/h3-4H,5H2,1-2H3,(H,12,13). The molecule has 0 spiro atoms. The zero-order valence-electron chi connectivity index (χ0n) is 8.00. The van der Waals surface area contributed by atoms with E-state index in [0.29, 0.717) is 11.3 Å². The quantitative estimate of drug-likeness (QED) is 0.906. The van der Waals surface area contributed by atoms with E-state index in [1.807, 2.05) is 13.0 Å². The van der Waals surface area contributed by atoms with Gasteiger partial charge in [-0.15, -0.1) is 0 Å². The first kappa shape index (κ1) is 11.0. The molecule has 0 aliphatic carbocycles. The fourth-order valence-electron chi connectivity index (χ4n) is 1.39. The maximum atomic E-state index is 10.6. The van der Waals surface area contributed by atoms with Crippen LogP contribution >= 0.6 is 15.9 Å². The Kier molecular flexibility index (Phi) is 3.52. The molecule has 76 valence electrons. The van der Waals surface area contributed by atoms with Gasteiger partial charge in [0, 0.05) is 10.0 Å².